The van der Waals surface area contributed by atoms with Crippen molar-refractivity contribution in [3.63, 3.8) is 0 Å². The van der Waals surface area contributed by atoms with Crippen LogP contribution in [0.1, 0.15) is 25.3 Å². The Balaban J connectivity index is 1.50. The van der Waals surface area contributed by atoms with Gasteiger partial charge in [0.1, 0.15) is 5.75 Å². The molecule has 0 saturated heterocycles. The van der Waals surface area contributed by atoms with Gasteiger partial charge in [0.05, 0.1) is 14.2 Å². The summed E-state index contributed by atoms with van der Waals surface area (Å²) in [5.74, 6) is 2.05. The van der Waals surface area contributed by atoms with Crippen LogP contribution >= 0.6 is 0 Å². The van der Waals surface area contributed by atoms with E-state index in [1.54, 1.807) is 14.2 Å². The molecule has 5 heteroatoms. The lowest BCUT2D eigenvalue weighted by molar-refractivity contribution is -0.128. The van der Waals surface area contributed by atoms with Gasteiger partial charge in [0.2, 0.25) is 0 Å². The van der Waals surface area contributed by atoms with Gasteiger partial charge in [0, 0.05) is 6.54 Å². The Morgan fingerprint density at radius 2 is 1.70 bits per heavy atom. The number of ether oxygens (including phenoxy) is 3. The highest BCUT2D eigenvalue weighted by molar-refractivity contribution is 5.84. The van der Waals surface area contributed by atoms with Crippen LogP contribution < -0.4 is 19.5 Å². The van der Waals surface area contributed by atoms with E-state index in [0.29, 0.717) is 30.2 Å². The Morgan fingerprint density at radius 3 is 2.43 bits per heavy atom. The first-order chi connectivity index (χ1) is 14.6. The smallest absolute Gasteiger partial charge is 0.261 e. The number of carbonyl (C=O) groups is 1. The van der Waals surface area contributed by atoms with Crippen molar-refractivity contribution in [3.8, 4) is 17.2 Å². The maximum Gasteiger partial charge on any atom is 0.261 e. The maximum absolute atomic E-state index is 12.6. The van der Waals surface area contributed by atoms with Crippen molar-refractivity contribution in [2.75, 3.05) is 20.8 Å². The molecule has 0 unspecified atom stereocenters. The molecule has 3 rings (SSSR count). The standard InChI is InChI=1S/C25H29NO4/c1-4-22(30-21-13-12-19-9-5-6-10-20(19)17-21)25(27)26-15-7-8-18-11-14-23(28-2)24(16-18)29-3/h5-6,9-14,16-17,22H,4,7-8,15H2,1-3H3,(H,26,27)/t22-/m0/s1. The van der Waals surface area contributed by atoms with Gasteiger partial charge in [0.25, 0.3) is 5.91 Å². The van der Waals surface area contributed by atoms with Gasteiger partial charge in [-0.2, -0.15) is 0 Å². The fraction of sp³-hybridized carbons (Fsp3) is 0.320. The lowest BCUT2D eigenvalue weighted by Crippen LogP contribution is -2.38. The predicted octanol–water partition coefficient (Wildman–Crippen LogP) is 4.76. The molecule has 1 amide bonds. The molecule has 0 heterocycles. The van der Waals surface area contributed by atoms with Crippen LogP contribution in [0.2, 0.25) is 0 Å². The molecule has 0 spiro atoms. The van der Waals surface area contributed by atoms with Crippen molar-refractivity contribution in [1.29, 1.82) is 0 Å². The van der Waals surface area contributed by atoms with Crippen LogP contribution in [-0.4, -0.2) is 32.8 Å². The summed E-state index contributed by atoms with van der Waals surface area (Å²) in [7, 11) is 3.25. The summed E-state index contributed by atoms with van der Waals surface area (Å²) < 4.78 is 16.6. The van der Waals surface area contributed by atoms with Crippen molar-refractivity contribution < 1.29 is 19.0 Å². The third kappa shape index (κ3) is 5.44. The van der Waals surface area contributed by atoms with Gasteiger partial charge >= 0.3 is 0 Å². The molecule has 0 saturated carbocycles. The molecule has 158 valence electrons. The van der Waals surface area contributed by atoms with Crippen molar-refractivity contribution in [1.82, 2.24) is 5.32 Å². The average Bonchev–Trinajstić information content (AvgIpc) is 2.79. The second-order valence-electron chi connectivity index (χ2n) is 7.11. The highest BCUT2D eigenvalue weighted by Crippen LogP contribution is 2.28. The van der Waals surface area contributed by atoms with E-state index in [-0.39, 0.29) is 5.91 Å². The molecule has 1 N–H and O–H groups in total. The van der Waals surface area contributed by atoms with E-state index in [1.165, 1.54) is 0 Å². The molecule has 0 fully saturated rings. The van der Waals surface area contributed by atoms with Crippen LogP contribution in [0.4, 0.5) is 0 Å². The van der Waals surface area contributed by atoms with Crippen LogP contribution in [0.5, 0.6) is 17.2 Å². The van der Waals surface area contributed by atoms with E-state index in [1.807, 2.05) is 61.5 Å². The molecule has 5 nitrogen and oxygen atoms in total. The summed E-state index contributed by atoms with van der Waals surface area (Å²) in [6.07, 6.45) is 1.76. The number of methoxy groups -OCH3 is 2. The zero-order valence-electron chi connectivity index (χ0n) is 17.8. The number of hydrogen-bond donors (Lipinski definition) is 1. The molecular weight excluding hydrogens is 378 g/mol. The molecule has 0 aliphatic carbocycles. The van der Waals surface area contributed by atoms with Crippen molar-refractivity contribution >= 4 is 16.7 Å². The molecular formula is C25H29NO4. The monoisotopic (exact) mass is 407 g/mol. The number of carbonyl (C=O) groups excluding carboxylic acids is 1. The van der Waals surface area contributed by atoms with Crippen LogP contribution in [0.3, 0.4) is 0 Å². The first-order valence-electron chi connectivity index (χ1n) is 10.3. The van der Waals surface area contributed by atoms with Gasteiger partial charge in [-0.3, -0.25) is 4.79 Å². The fourth-order valence-electron chi connectivity index (χ4n) is 3.38. The molecule has 0 radical (unpaired) electrons. The topological polar surface area (TPSA) is 56.8 Å². The average molecular weight is 408 g/mol. The van der Waals surface area contributed by atoms with E-state index < -0.39 is 6.10 Å². The van der Waals surface area contributed by atoms with Gasteiger partial charge in [-0.15, -0.1) is 0 Å². The van der Waals surface area contributed by atoms with Gasteiger partial charge in [-0.25, -0.2) is 0 Å². The molecule has 3 aromatic carbocycles. The molecule has 1 atom stereocenters. The van der Waals surface area contributed by atoms with E-state index in [0.717, 1.165) is 29.2 Å². The second-order valence-corrected chi connectivity index (χ2v) is 7.11. The predicted molar refractivity (Wildman–Crippen MR) is 120 cm³/mol. The normalized spacial score (nSPS) is 11.7. The highest BCUT2D eigenvalue weighted by atomic mass is 16.5. The van der Waals surface area contributed by atoms with E-state index in [4.69, 9.17) is 14.2 Å². The van der Waals surface area contributed by atoms with Crippen molar-refractivity contribution in [3.05, 3.63) is 66.2 Å². The Labute approximate surface area is 178 Å². The third-order valence-electron chi connectivity index (χ3n) is 5.05. The third-order valence-corrected chi connectivity index (χ3v) is 5.05. The fourth-order valence-corrected chi connectivity index (χ4v) is 3.38. The minimum atomic E-state index is -0.507. The quantitative estimate of drug-likeness (QED) is 0.492. The second kappa shape index (κ2) is 10.5. The van der Waals surface area contributed by atoms with E-state index in [9.17, 15) is 4.79 Å². The zero-order valence-corrected chi connectivity index (χ0v) is 17.8. The molecule has 3 aromatic rings. The number of rotatable bonds is 10. The molecule has 0 bridgehead atoms. The Kier molecular flexibility index (Phi) is 7.55. The number of nitrogens with one attached hydrogen (secondary N) is 1. The summed E-state index contributed by atoms with van der Waals surface area (Å²) in [5, 5.41) is 5.24. The molecule has 0 aliphatic heterocycles. The van der Waals surface area contributed by atoms with Gasteiger partial charge in [-0.05, 0) is 59.9 Å². The van der Waals surface area contributed by atoms with E-state index >= 15 is 0 Å². The summed E-state index contributed by atoms with van der Waals surface area (Å²) in [5.41, 5.74) is 1.14. The summed E-state index contributed by atoms with van der Waals surface area (Å²) in [6.45, 7) is 2.54. The lowest BCUT2D eigenvalue weighted by Gasteiger charge is -2.17. The minimum Gasteiger partial charge on any atom is -0.493 e. The summed E-state index contributed by atoms with van der Waals surface area (Å²) in [4.78, 5) is 12.6. The number of benzene rings is 3. The molecule has 0 aromatic heterocycles. The number of amides is 1. The van der Waals surface area contributed by atoms with Crippen LogP contribution in [0, 0.1) is 0 Å². The maximum atomic E-state index is 12.6. The first kappa shape index (κ1) is 21.5. The summed E-state index contributed by atoms with van der Waals surface area (Å²) in [6, 6.07) is 19.9. The first-order valence-corrected chi connectivity index (χ1v) is 10.3. The molecule has 0 aliphatic rings. The van der Waals surface area contributed by atoms with Crippen molar-refractivity contribution in [2.24, 2.45) is 0 Å². The Morgan fingerprint density at radius 1 is 0.933 bits per heavy atom. The van der Waals surface area contributed by atoms with Gasteiger partial charge in [0.15, 0.2) is 17.6 Å². The Bertz CT molecular complexity index is 986. The van der Waals surface area contributed by atoms with Crippen molar-refractivity contribution in [2.45, 2.75) is 32.3 Å². The molecule has 30 heavy (non-hydrogen) atoms. The number of hydrogen-bond acceptors (Lipinski definition) is 4. The van der Waals surface area contributed by atoms with Gasteiger partial charge in [-0.1, -0.05) is 43.3 Å². The zero-order chi connectivity index (χ0) is 21.3. The largest absolute Gasteiger partial charge is 0.493 e. The number of fused-ring (bicyclic) bond motifs is 1. The number of aryl methyl sites for hydroxylation is 1. The highest BCUT2D eigenvalue weighted by Gasteiger charge is 2.18. The van der Waals surface area contributed by atoms with Crippen LogP contribution in [0.25, 0.3) is 10.8 Å². The SMILES string of the molecule is CC[C@H](Oc1ccc2ccccc2c1)C(=O)NCCCc1ccc(OC)c(OC)c1. The summed E-state index contributed by atoms with van der Waals surface area (Å²) >= 11 is 0. The Hall–Kier alpha value is -3.21. The van der Waals surface area contributed by atoms with Gasteiger partial charge < -0.3 is 19.5 Å². The minimum absolute atomic E-state index is 0.0852. The lowest BCUT2D eigenvalue weighted by atomic mass is 10.1. The van der Waals surface area contributed by atoms with E-state index in [2.05, 4.69) is 11.4 Å². The van der Waals surface area contributed by atoms with Crippen LogP contribution in [0.15, 0.2) is 60.7 Å². The van der Waals surface area contributed by atoms with Crippen LogP contribution in [-0.2, 0) is 11.2 Å².